The SMILES string of the molecule is COc1ccc(CNC(=O)c2coc(-c3ccccc3N)n2)cc1. The van der Waals surface area contributed by atoms with Crippen molar-refractivity contribution in [3.8, 4) is 17.2 Å². The molecule has 0 saturated heterocycles. The van der Waals surface area contributed by atoms with Crippen LogP contribution in [-0.4, -0.2) is 18.0 Å². The molecule has 2 aromatic carbocycles. The number of amides is 1. The summed E-state index contributed by atoms with van der Waals surface area (Å²) in [5.41, 5.74) is 8.26. The number of oxazole rings is 1. The minimum atomic E-state index is -0.310. The van der Waals surface area contributed by atoms with Crippen LogP contribution in [0.3, 0.4) is 0 Å². The van der Waals surface area contributed by atoms with Crippen LogP contribution in [0.5, 0.6) is 5.75 Å². The molecule has 0 aliphatic rings. The van der Waals surface area contributed by atoms with E-state index in [0.717, 1.165) is 11.3 Å². The molecule has 24 heavy (non-hydrogen) atoms. The maximum Gasteiger partial charge on any atom is 0.273 e. The summed E-state index contributed by atoms with van der Waals surface area (Å²) < 4.78 is 10.5. The Labute approximate surface area is 139 Å². The molecule has 1 aromatic heterocycles. The fourth-order valence-electron chi connectivity index (χ4n) is 2.21. The summed E-state index contributed by atoms with van der Waals surface area (Å²) in [5, 5.41) is 2.80. The molecule has 3 rings (SSSR count). The number of hydrogen-bond acceptors (Lipinski definition) is 5. The first-order valence-corrected chi connectivity index (χ1v) is 7.39. The summed E-state index contributed by atoms with van der Waals surface area (Å²) >= 11 is 0. The lowest BCUT2D eigenvalue weighted by molar-refractivity contribution is 0.0946. The summed E-state index contributed by atoms with van der Waals surface area (Å²) in [6, 6.07) is 14.7. The predicted molar refractivity (Wildman–Crippen MR) is 90.5 cm³/mol. The highest BCUT2D eigenvalue weighted by molar-refractivity contribution is 5.92. The fraction of sp³-hybridized carbons (Fsp3) is 0.111. The van der Waals surface area contributed by atoms with Gasteiger partial charge in [0.1, 0.15) is 12.0 Å². The summed E-state index contributed by atoms with van der Waals surface area (Å²) in [5.74, 6) is 0.782. The van der Waals surface area contributed by atoms with Crippen molar-refractivity contribution in [1.82, 2.24) is 10.3 Å². The van der Waals surface area contributed by atoms with Gasteiger partial charge in [0.15, 0.2) is 5.69 Å². The van der Waals surface area contributed by atoms with E-state index in [0.29, 0.717) is 23.7 Å². The molecule has 6 nitrogen and oxygen atoms in total. The van der Waals surface area contributed by atoms with Crippen LogP contribution in [0.15, 0.2) is 59.2 Å². The Hall–Kier alpha value is -3.28. The van der Waals surface area contributed by atoms with Crippen LogP contribution < -0.4 is 15.8 Å². The van der Waals surface area contributed by atoms with Crippen molar-refractivity contribution in [1.29, 1.82) is 0 Å². The molecule has 3 N–H and O–H groups in total. The highest BCUT2D eigenvalue weighted by Crippen LogP contribution is 2.24. The van der Waals surface area contributed by atoms with Crippen molar-refractivity contribution >= 4 is 11.6 Å². The minimum absolute atomic E-state index is 0.210. The van der Waals surface area contributed by atoms with E-state index < -0.39 is 0 Å². The van der Waals surface area contributed by atoms with Crippen molar-refractivity contribution in [2.45, 2.75) is 6.54 Å². The van der Waals surface area contributed by atoms with Gasteiger partial charge < -0.3 is 20.2 Å². The van der Waals surface area contributed by atoms with Gasteiger partial charge in [0.25, 0.3) is 5.91 Å². The number of carbonyl (C=O) groups is 1. The Morgan fingerprint density at radius 2 is 1.96 bits per heavy atom. The van der Waals surface area contributed by atoms with Crippen LogP contribution in [0, 0.1) is 0 Å². The Morgan fingerprint density at radius 3 is 2.67 bits per heavy atom. The van der Waals surface area contributed by atoms with Crippen molar-refractivity contribution in [3.63, 3.8) is 0 Å². The number of rotatable bonds is 5. The largest absolute Gasteiger partial charge is 0.497 e. The number of nitrogens with zero attached hydrogens (tertiary/aromatic N) is 1. The summed E-state index contributed by atoms with van der Waals surface area (Å²) in [4.78, 5) is 16.4. The maximum absolute atomic E-state index is 12.2. The van der Waals surface area contributed by atoms with Crippen LogP contribution in [0.4, 0.5) is 5.69 Å². The predicted octanol–water partition coefficient (Wildman–Crippen LogP) is 2.86. The molecular formula is C18H17N3O3. The molecule has 0 saturated carbocycles. The number of aromatic nitrogens is 1. The number of hydrogen-bond donors (Lipinski definition) is 2. The van der Waals surface area contributed by atoms with Gasteiger partial charge in [0.05, 0.1) is 12.7 Å². The molecule has 0 fully saturated rings. The summed E-state index contributed by atoms with van der Waals surface area (Å²) in [7, 11) is 1.61. The number of nitrogens with two attached hydrogens (primary N) is 1. The van der Waals surface area contributed by atoms with E-state index in [1.807, 2.05) is 36.4 Å². The molecular weight excluding hydrogens is 306 g/mol. The zero-order chi connectivity index (χ0) is 16.9. The van der Waals surface area contributed by atoms with Crippen LogP contribution in [-0.2, 0) is 6.54 Å². The molecule has 3 aromatic rings. The van der Waals surface area contributed by atoms with Gasteiger partial charge in [-0.2, -0.15) is 0 Å². The van der Waals surface area contributed by atoms with Gasteiger partial charge in [-0.25, -0.2) is 4.98 Å². The van der Waals surface area contributed by atoms with Gasteiger partial charge in [-0.05, 0) is 29.8 Å². The molecule has 0 atom stereocenters. The number of benzene rings is 2. The first-order chi connectivity index (χ1) is 11.7. The van der Waals surface area contributed by atoms with E-state index in [4.69, 9.17) is 14.9 Å². The third-order valence-electron chi connectivity index (χ3n) is 3.54. The van der Waals surface area contributed by atoms with Crippen LogP contribution in [0.25, 0.3) is 11.5 Å². The number of nitrogen functional groups attached to an aromatic ring is 1. The molecule has 0 unspecified atom stereocenters. The lowest BCUT2D eigenvalue weighted by Crippen LogP contribution is -2.23. The quantitative estimate of drug-likeness (QED) is 0.705. The van der Waals surface area contributed by atoms with Gasteiger partial charge >= 0.3 is 0 Å². The molecule has 0 aliphatic heterocycles. The second-order valence-electron chi connectivity index (χ2n) is 5.16. The summed E-state index contributed by atoms with van der Waals surface area (Å²) in [6.07, 6.45) is 1.32. The molecule has 1 amide bonds. The van der Waals surface area contributed by atoms with Crippen molar-refractivity contribution in [3.05, 3.63) is 66.1 Å². The molecule has 1 heterocycles. The Bertz CT molecular complexity index is 841. The summed E-state index contributed by atoms with van der Waals surface area (Å²) in [6.45, 7) is 0.387. The zero-order valence-corrected chi connectivity index (χ0v) is 13.2. The van der Waals surface area contributed by atoms with E-state index in [-0.39, 0.29) is 11.6 Å². The lowest BCUT2D eigenvalue weighted by Gasteiger charge is -2.04. The minimum Gasteiger partial charge on any atom is -0.497 e. The first kappa shape index (κ1) is 15.6. The topological polar surface area (TPSA) is 90.4 Å². The molecule has 0 aliphatic carbocycles. The number of anilines is 1. The number of para-hydroxylation sites is 1. The highest BCUT2D eigenvalue weighted by Gasteiger charge is 2.14. The van der Waals surface area contributed by atoms with E-state index >= 15 is 0 Å². The van der Waals surface area contributed by atoms with E-state index in [9.17, 15) is 4.79 Å². The standard InChI is InChI=1S/C18H17N3O3/c1-23-13-8-6-12(7-9-13)10-20-17(22)16-11-24-18(21-16)14-4-2-3-5-15(14)19/h2-9,11H,10,19H2,1H3,(H,20,22). The Morgan fingerprint density at radius 1 is 1.21 bits per heavy atom. The normalized spacial score (nSPS) is 10.4. The second-order valence-corrected chi connectivity index (χ2v) is 5.16. The molecule has 0 radical (unpaired) electrons. The smallest absolute Gasteiger partial charge is 0.273 e. The van der Waals surface area contributed by atoms with Gasteiger partial charge in [-0.1, -0.05) is 24.3 Å². The molecule has 6 heteroatoms. The van der Waals surface area contributed by atoms with Crippen LogP contribution in [0.2, 0.25) is 0 Å². The van der Waals surface area contributed by atoms with E-state index in [2.05, 4.69) is 10.3 Å². The van der Waals surface area contributed by atoms with Crippen molar-refractivity contribution in [2.75, 3.05) is 12.8 Å². The molecule has 122 valence electrons. The van der Waals surface area contributed by atoms with Gasteiger partial charge in [0, 0.05) is 12.2 Å². The van der Waals surface area contributed by atoms with Gasteiger partial charge in [0.2, 0.25) is 5.89 Å². The van der Waals surface area contributed by atoms with Crippen molar-refractivity contribution < 1.29 is 13.9 Å². The molecule has 0 spiro atoms. The van der Waals surface area contributed by atoms with E-state index in [1.165, 1.54) is 6.26 Å². The van der Waals surface area contributed by atoms with Crippen molar-refractivity contribution in [2.24, 2.45) is 0 Å². The third kappa shape index (κ3) is 3.38. The monoisotopic (exact) mass is 323 g/mol. The average molecular weight is 323 g/mol. The highest BCUT2D eigenvalue weighted by atomic mass is 16.5. The fourth-order valence-corrected chi connectivity index (χ4v) is 2.21. The van der Waals surface area contributed by atoms with Gasteiger partial charge in [-0.3, -0.25) is 4.79 Å². The molecule has 0 bridgehead atoms. The Balaban J connectivity index is 1.66. The maximum atomic E-state index is 12.2. The van der Waals surface area contributed by atoms with Crippen LogP contribution >= 0.6 is 0 Å². The average Bonchev–Trinajstić information content (AvgIpc) is 3.10. The zero-order valence-electron chi connectivity index (χ0n) is 13.2. The number of ether oxygens (including phenoxy) is 1. The second kappa shape index (κ2) is 6.87. The number of methoxy groups -OCH3 is 1. The Kier molecular flexibility index (Phi) is 4.47. The van der Waals surface area contributed by atoms with E-state index in [1.54, 1.807) is 19.2 Å². The lowest BCUT2D eigenvalue weighted by atomic mass is 10.2. The van der Waals surface area contributed by atoms with Gasteiger partial charge in [-0.15, -0.1) is 0 Å². The number of carbonyl (C=O) groups excluding carboxylic acids is 1. The third-order valence-corrected chi connectivity index (χ3v) is 3.54. The van der Waals surface area contributed by atoms with Crippen LogP contribution in [0.1, 0.15) is 16.1 Å². The first-order valence-electron chi connectivity index (χ1n) is 7.39. The number of nitrogens with one attached hydrogen (secondary N) is 1.